The van der Waals surface area contributed by atoms with Crippen molar-refractivity contribution in [2.24, 2.45) is 0 Å². The van der Waals surface area contributed by atoms with Gasteiger partial charge in [0.15, 0.2) is 0 Å². The molecule has 1 aliphatic carbocycles. The Kier molecular flexibility index (Phi) is 1.72. The van der Waals surface area contributed by atoms with Crippen molar-refractivity contribution in [3.8, 4) is 0 Å². The van der Waals surface area contributed by atoms with Gasteiger partial charge in [-0.05, 0) is 19.3 Å². The fraction of sp³-hybridized carbons (Fsp3) is 0.500. The number of rotatable bonds is 0. The Balaban J connectivity index is 2.54. The summed E-state index contributed by atoms with van der Waals surface area (Å²) in [7, 11) is 0. The highest BCUT2D eigenvalue weighted by molar-refractivity contribution is 5.27. The molecule has 0 spiro atoms. The largest absolute Gasteiger partial charge is 0.393 e. The summed E-state index contributed by atoms with van der Waals surface area (Å²) >= 11 is 0. The molecule has 1 fully saturated rings. The summed E-state index contributed by atoms with van der Waals surface area (Å²) in [5.74, 6) is 0. The summed E-state index contributed by atoms with van der Waals surface area (Å²) < 4.78 is 0. The SMILES string of the molecule is C=C1CCC(O)CC1=C. The van der Waals surface area contributed by atoms with Gasteiger partial charge in [0.1, 0.15) is 0 Å². The average Bonchev–Trinajstić information content (AvgIpc) is 1.80. The van der Waals surface area contributed by atoms with E-state index in [2.05, 4.69) is 13.2 Å². The Bertz CT molecular complexity index is 147. The molecule has 0 amide bonds. The molecule has 0 aromatic carbocycles. The van der Waals surface area contributed by atoms with Gasteiger partial charge < -0.3 is 5.11 Å². The molecule has 0 aromatic rings. The van der Waals surface area contributed by atoms with E-state index in [1.807, 2.05) is 0 Å². The van der Waals surface area contributed by atoms with Crippen LogP contribution in [0.5, 0.6) is 0 Å². The maximum atomic E-state index is 9.10. The zero-order valence-electron chi connectivity index (χ0n) is 5.56. The minimum atomic E-state index is -0.164. The van der Waals surface area contributed by atoms with Crippen LogP contribution in [0.4, 0.5) is 0 Å². The second-order valence-electron chi connectivity index (χ2n) is 2.60. The Morgan fingerprint density at radius 2 is 2.00 bits per heavy atom. The molecule has 50 valence electrons. The van der Waals surface area contributed by atoms with Gasteiger partial charge in [0.05, 0.1) is 6.10 Å². The quantitative estimate of drug-likeness (QED) is 0.520. The second kappa shape index (κ2) is 2.36. The standard InChI is InChI=1S/C8H12O/c1-6-3-4-8(9)5-7(6)2/h8-9H,1-5H2. The molecule has 1 unspecified atom stereocenters. The monoisotopic (exact) mass is 124 g/mol. The highest BCUT2D eigenvalue weighted by Gasteiger charge is 2.14. The molecular formula is C8H12O. The van der Waals surface area contributed by atoms with E-state index in [1.54, 1.807) is 0 Å². The lowest BCUT2D eigenvalue weighted by Crippen LogP contribution is -2.13. The van der Waals surface area contributed by atoms with Gasteiger partial charge in [-0.25, -0.2) is 0 Å². The summed E-state index contributed by atoms with van der Waals surface area (Å²) in [6, 6.07) is 0. The maximum absolute atomic E-state index is 9.10. The Morgan fingerprint density at radius 1 is 1.33 bits per heavy atom. The van der Waals surface area contributed by atoms with E-state index in [1.165, 1.54) is 0 Å². The van der Waals surface area contributed by atoms with Gasteiger partial charge in [-0.1, -0.05) is 24.3 Å². The predicted octanol–water partition coefficient (Wildman–Crippen LogP) is 1.64. The van der Waals surface area contributed by atoms with E-state index in [9.17, 15) is 0 Å². The average molecular weight is 124 g/mol. The van der Waals surface area contributed by atoms with Gasteiger partial charge in [0.2, 0.25) is 0 Å². The molecule has 0 heterocycles. The fourth-order valence-electron chi connectivity index (χ4n) is 1.05. The van der Waals surface area contributed by atoms with Crippen molar-refractivity contribution in [1.82, 2.24) is 0 Å². The van der Waals surface area contributed by atoms with Crippen LogP contribution in [0.25, 0.3) is 0 Å². The van der Waals surface area contributed by atoms with Gasteiger partial charge in [-0.2, -0.15) is 0 Å². The van der Waals surface area contributed by atoms with Crippen LogP contribution in [0.2, 0.25) is 0 Å². The first-order valence-corrected chi connectivity index (χ1v) is 3.24. The molecule has 0 saturated heterocycles. The molecule has 9 heavy (non-hydrogen) atoms. The first-order chi connectivity index (χ1) is 4.20. The van der Waals surface area contributed by atoms with Crippen molar-refractivity contribution in [1.29, 1.82) is 0 Å². The van der Waals surface area contributed by atoms with Crippen LogP contribution in [0, 0.1) is 0 Å². The molecule has 0 radical (unpaired) electrons. The zero-order chi connectivity index (χ0) is 6.85. The number of allylic oxidation sites excluding steroid dienone is 1. The van der Waals surface area contributed by atoms with Gasteiger partial charge in [-0.3, -0.25) is 0 Å². The maximum Gasteiger partial charge on any atom is 0.0583 e. The molecule has 1 nitrogen and oxygen atoms in total. The molecule has 1 saturated carbocycles. The topological polar surface area (TPSA) is 20.2 Å². The van der Waals surface area contributed by atoms with Crippen molar-refractivity contribution >= 4 is 0 Å². The Hall–Kier alpha value is -0.560. The van der Waals surface area contributed by atoms with Crippen molar-refractivity contribution < 1.29 is 5.11 Å². The summed E-state index contributed by atoms with van der Waals surface area (Å²) in [6.07, 6.45) is 2.33. The van der Waals surface area contributed by atoms with Crippen LogP contribution in [-0.2, 0) is 0 Å². The molecule has 1 heteroatoms. The van der Waals surface area contributed by atoms with Crippen LogP contribution in [0.3, 0.4) is 0 Å². The number of hydrogen-bond donors (Lipinski definition) is 1. The van der Waals surface area contributed by atoms with Gasteiger partial charge >= 0.3 is 0 Å². The Labute approximate surface area is 55.7 Å². The third-order valence-electron chi connectivity index (χ3n) is 1.76. The van der Waals surface area contributed by atoms with Crippen molar-refractivity contribution in [3.05, 3.63) is 24.3 Å². The van der Waals surface area contributed by atoms with Crippen LogP contribution < -0.4 is 0 Å². The van der Waals surface area contributed by atoms with E-state index in [0.29, 0.717) is 0 Å². The summed E-state index contributed by atoms with van der Waals surface area (Å²) in [6.45, 7) is 7.61. The van der Waals surface area contributed by atoms with Gasteiger partial charge in [0.25, 0.3) is 0 Å². The fourth-order valence-corrected chi connectivity index (χ4v) is 1.05. The lowest BCUT2D eigenvalue weighted by Gasteiger charge is -2.20. The predicted molar refractivity (Wildman–Crippen MR) is 38.1 cm³/mol. The molecule has 1 rings (SSSR count). The van der Waals surface area contributed by atoms with E-state index in [-0.39, 0.29) is 6.10 Å². The van der Waals surface area contributed by atoms with Crippen LogP contribution in [0.1, 0.15) is 19.3 Å². The third-order valence-corrected chi connectivity index (χ3v) is 1.76. The molecule has 0 aromatic heterocycles. The van der Waals surface area contributed by atoms with E-state index in [0.717, 1.165) is 30.4 Å². The summed E-state index contributed by atoms with van der Waals surface area (Å²) in [5.41, 5.74) is 2.13. The Morgan fingerprint density at radius 3 is 2.44 bits per heavy atom. The first-order valence-electron chi connectivity index (χ1n) is 3.24. The van der Waals surface area contributed by atoms with Gasteiger partial charge in [-0.15, -0.1) is 0 Å². The molecule has 1 aliphatic rings. The normalized spacial score (nSPS) is 28.8. The van der Waals surface area contributed by atoms with Crippen LogP contribution >= 0.6 is 0 Å². The first kappa shape index (κ1) is 6.56. The lowest BCUT2D eigenvalue weighted by molar-refractivity contribution is 0.158. The lowest BCUT2D eigenvalue weighted by atomic mass is 9.90. The van der Waals surface area contributed by atoms with Crippen molar-refractivity contribution in [3.63, 3.8) is 0 Å². The van der Waals surface area contributed by atoms with Crippen molar-refractivity contribution in [2.75, 3.05) is 0 Å². The number of hydrogen-bond acceptors (Lipinski definition) is 1. The number of aliphatic hydroxyl groups is 1. The van der Waals surface area contributed by atoms with E-state index in [4.69, 9.17) is 5.11 Å². The zero-order valence-corrected chi connectivity index (χ0v) is 5.56. The number of aliphatic hydroxyl groups excluding tert-OH is 1. The third kappa shape index (κ3) is 1.42. The highest BCUT2D eigenvalue weighted by Crippen LogP contribution is 2.25. The smallest absolute Gasteiger partial charge is 0.0583 e. The van der Waals surface area contributed by atoms with E-state index < -0.39 is 0 Å². The minimum absolute atomic E-state index is 0.164. The molecule has 0 bridgehead atoms. The van der Waals surface area contributed by atoms with Crippen LogP contribution in [-0.4, -0.2) is 11.2 Å². The molecule has 0 aliphatic heterocycles. The summed E-state index contributed by atoms with van der Waals surface area (Å²) in [4.78, 5) is 0. The van der Waals surface area contributed by atoms with Gasteiger partial charge in [0, 0.05) is 0 Å². The molecular weight excluding hydrogens is 112 g/mol. The second-order valence-corrected chi connectivity index (χ2v) is 2.60. The van der Waals surface area contributed by atoms with Crippen LogP contribution in [0.15, 0.2) is 24.3 Å². The summed E-state index contributed by atoms with van der Waals surface area (Å²) in [5, 5.41) is 9.10. The molecule has 1 N–H and O–H groups in total. The van der Waals surface area contributed by atoms with Crippen molar-refractivity contribution in [2.45, 2.75) is 25.4 Å². The highest BCUT2D eigenvalue weighted by atomic mass is 16.3. The minimum Gasteiger partial charge on any atom is -0.393 e. The van der Waals surface area contributed by atoms with E-state index >= 15 is 0 Å². The molecule has 1 atom stereocenters.